The van der Waals surface area contributed by atoms with Crippen molar-refractivity contribution in [2.24, 2.45) is 0 Å². The summed E-state index contributed by atoms with van der Waals surface area (Å²) in [5.41, 5.74) is 1.03. The van der Waals surface area contributed by atoms with Crippen LogP contribution < -0.4 is 10.1 Å². The number of carbonyl (C=O) groups is 1. The van der Waals surface area contributed by atoms with Crippen molar-refractivity contribution in [3.63, 3.8) is 0 Å². The molecule has 1 amide bonds. The van der Waals surface area contributed by atoms with Crippen LogP contribution >= 0.6 is 0 Å². The number of benzene rings is 1. The Bertz CT molecular complexity index is 635. The van der Waals surface area contributed by atoms with E-state index in [-0.39, 0.29) is 17.5 Å². The summed E-state index contributed by atoms with van der Waals surface area (Å²) in [7, 11) is 1.61. The third-order valence-electron chi connectivity index (χ3n) is 3.98. The fourth-order valence-electron chi connectivity index (χ4n) is 2.73. The summed E-state index contributed by atoms with van der Waals surface area (Å²) < 4.78 is 5.26. The SMILES string of the molecule is COc1ccccc1/C=C/C=C(/C#N)C(=O)NC1CCCCC1. The molecule has 1 aromatic rings. The van der Waals surface area contributed by atoms with Gasteiger partial charge in [-0.25, -0.2) is 0 Å². The molecule has 1 aliphatic rings. The topological polar surface area (TPSA) is 62.1 Å². The minimum atomic E-state index is -0.288. The fraction of sp³-hybridized carbons (Fsp3) is 0.368. The molecule has 0 aliphatic heterocycles. The number of hydrogen-bond donors (Lipinski definition) is 1. The molecule has 0 unspecified atom stereocenters. The molecule has 2 rings (SSSR count). The molecule has 0 radical (unpaired) electrons. The molecule has 23 heavy (non-hydrogen) atoms. The molecule has 0 atom stereocenters. The number of rotatable bonds is 5. The lowest BCUT2D eigenvalue weighted by Gasteiger charge is -2.22. The summed E-state index contributed by atoms with van der Waals surface area (Å²) in [5.74, 6) is 0.464. The Morgan fingerprint density at radius 2 is 2.04 bits per heavy atom. The standard InChI is InChI=1S/C19H22N2O2/c1-23-18-13-6-5-8-15(18)9-7-10-16(14-20)19(22)21-17-11-3-2-4-12-17/h5-10,13,17H,2-4,11-12H2,1H3,(H,21,22)/b9-7+,16-10-. The second-order valence-corrected chi connectivity index (χ2v) is 5.60. The first-order valence-corrected chi connectivity index (χ1v) is 7.97. The van der Waals surface area contributed by atoms with Crippen LogP contribution in [0.2, 0.25) is 0 Å². The molecule has 0 spiro atoms. The van der Waals surface area contributed by atoms with E-state index in [9.17, 15) is 10.1 Å². The lowest BCUT2D eigenvalue weighted by molar-refractivity contribution is -0.118. The highest BCUT2D eigenvalue weighted by Gasteiger charge is 2.17. The number of nitrogens with zero attached hydrogens (tertiary/aromatic N) is 1. The van der Waals surface area contributed by atoms with Gasteiger partial charge in [-0.2, -0.15) is 5.26 Å². The Morgan fingerprint density at radius 1 is 1.30 bits per heavy atom. The van der Waals surface area contributed by atoms with Gasteiger partial charge in [0.2, 0.25) is 0 Å². The molecule has 1 aliphatic carbocycles. The normalized spacial score (nSPS) is 16.1. The van der Waals surface area contributed by atoms with Gasteiger partial charge in [0.05, 0.1) is 7.11 Å². The predicted molar refractivity (Wildman–Crippen MR) is 90.7 cm³/mol. The molecule has 0 heterocycles. The predicted octanol–water partition coefficient (Wildman–Crippen LogP) is 3.61. The number of ether oxygens (including phenoxy) is 1. The highest BCUT2D eigenvalue weighted by Crippen LogP contribution is 2.19. The number of amides is 1. The van der Waals surface area contributed by atoms with Crippen molar-refractivity contribution in [1.82, 2.24) is 5.32 Å². The lowest BCUT2D eigenvalue weighted by atomic mass is 9.95. The molecule has 1 fully saturated rings. The third kappa shape index (κ3) is 5.00. The number of methoxy groups -OCH3 is 1. The smallest absolute Gasteiger partial charge is 0.262 e. The van der Waals surface area contributed by atoms with Crippen molar-refractivity contribution in [3.05, 3.63) is 47.6 Å². The number of carbonyl (C=O) groups excluding carboxylic acids is 1. The van der Waals surface area contributed by atoms with Crippen molar-refractivity contribution >= 4 is 12.0 Å². The molecule has 0 bridgehead atoms. The van der Waals surface area contributed by atoms with Crippen molar-refractivity contribution in [2.75, 3.05) is 7.11 Å². The average molecular weight is 310 g/mol. The Hall–Kier alpha value is -2.54. The second-order valence-electron chi connectivity index (χ2n) is 5.60. The summed E-state index contributed by atoms with van der Waals surface area (Å²) in [4.78, 5) is 12.1. The van der Waals surface area contributed by atoms with Crippen molar-refractivity contribution in [3.8, 4) is 11.8 Å². The summed E-state index contributed by atoms with van der Waals surface area (Å²) in [5, 5.41) is 12.1. The molecular weight excluding hydrogens is 288 g/mol. The van der Waals surface area contributed by atoms with Crippen LogP contribution in [0.3, 0.4) is 0 Å². The Kier molecular flexibility index (Phi) is 6.43. The zero-order valence-electron chi connectivity index (χ0n) is 13.4. The van der Waals surface area contributed by atoms with Crippen molar-refractivity contribution in [2.45, 2.75) is 38.1 Å². The van der Waals surface area contributed by atoms with E-state index < -0.39 is 0 Å². The van der Waals surface area contributed by atoms with Gasteiger partial charge in [-0.1, -0.05) is 49.6 Å². The van der Waals surface area contributed by atoms with E-state index in [2.05, 4.69) is 5.32 Å². The second kappa shape index (κ2) is 8.79. The number of nitrogens with one attached hydrogen (secondary N) is 1. The summed E-state index contributed by atoms with van der Waals surface area (Å²) in [6.45, 7) is 0. The fourth-order valence-corrected chi connectivity index (χ4v) is 2.73. The molecule has 1 saturated carbocycles. The summed E-state index contributed by atoms with van der Waals surface area (Å²) >= 11 is 0. The average Bonchev–Trinajstić information content (AvgIpc) is 2.60. The van der Waals surface area contributed by atoms with Gasteiger partial charge in [-0.05, 0) is 25.0 Å². The lowest BCUT2D eigenvalue weighted by Crippen LogP contribution is -2.36. The Balaban J connectivity index is 2.01. The van der Waals surface area contributed by atoms with Crippen LogP contribution in [0, 0.1) is 11.3 Å². The zero-order valence-corrected chi connectivity index (χ0v) is 13.4. The van der Waals surface area contributed by atoms with Gasteiger partial charge in [0, 0.05) is 11.6 Å². The van der Waals surface area contributed by atoms with Crippen LogP contribution in [0.5, 0.6) is 5.75 Å². The van der Waals surface area contributed by atoms with Crippen LogP contribution in [0.1, 0.15) is 37.7 Å². The number of hydrogen-bond acceptors (Lipinski definition) is 3. The first kappa shape index (κ1) is 16.8. The highest BCUT2D eigenvalue weighted by molar-refractivity contribution is 5.97. The zero-order chi connectivity index (χ0) is 16.5. The van der Waals surface area contributed by atoms with Crippen LogP contribution in [0.15, 0.2) is 42.0 Å². The largest absolute Gasteiger partial charge is 0.496 e. The molecule has 120 valence electrons. The Labute approximate surface area is 137 Å². The Morgan fingerprint density at radius 3 is 2.74 bits per heavy atom. The summed E-state index contributed by atoms with van der Waals surface area (Å²) in [6.07, 6.45) is 10.6. The van der Waals surface area contributed by atoms with Gasteiger partial charge >= 0.3 is 0 Å². The highest BCUT2D eigenvalue weighted by atomic mass is 16.5. The number of para-hydroxylation sites is 1. The van der Waals surface area contributed by atoms with Gasteiger partial charge in [0.25, 0.3) is 5.91 Å². The molecule has 1 aromatic carbocycles. The van der Waals surface area contributed by atoms with E-state index in [0.29, 0.717) is 0 Å². The molecular formula is C19H22N2O2. The monoisotopic (exact) mass is 310 g/mol. The quantitative estimate of drug-likeness (QED) is 0.513. The van der Waals surface area contributed by atoms with Crippen molar-refractivity contribution < 1.29 is 9.53 Å². The first-order valence-electron chi connectivity index (χ1n) is 7.97. The maximum Gasteiger partial charge on any atom is 0.262 e. The molecule has 4 heteroatoms. The van der Waals surface area contributed by atoms with E-state index in [4.69, 9.17) is 4.74 Å². The van der Waals surface area contributed by atoms with Crippen LogP contribution in [0.4, 0.5) is 0 Å². The molecule has 1 N–H and O–H groups in total. The van der Waals surface area contributed by atoms with E-state index >= 15 is 0 Å². The maximum atomic E-state index is 12.1. The summed E-state index contributed by atoms with van der Waals surface area (Å²) in [6, 6.07) is 9.76. The van der Waals surface area contributed by atoms with Gasteiger partial charge in [-0.15, -0.1) is 0 Å². The van der Waals surface area contributed by atoms with E-state index in [1.54, 1.807) is 19.3 Å². The van der Waals surface area contributed by atoms with Gasteiger partial charge in [0.15, 0.2) is 0 Å². The minimum absolute atomic E-state index is 0.127. The van der Waals surface area contributed by atoms with Crippen molar-refractivity contribution in [1.29, 1.82) is 5.26 Å². The third-order valence-corrected chi connectivity index (χ3v) is 3.98. The van der Waals surface area contributed by atoms with Gasteiger partial charge < -0.3 is 10.1 Å². The van der Waals surface area contributed by atoms with E-state index in [0.717, 1.165) is 37.0 Å². The van der Waals surface area contributed by atoms with Crippen LogP contribution in [-0.4, -0.2) is 19.1 Å². The van der Waals surface area contributed by atoms with Gasteiger partial charge in [-0.3, -0.25) is 4.79 Å². The molecule has 0 aromatic heterocycles. The van der Waals surface area contributed by atoms with Crippen LogP contribution in [0.25, 0.3) is 6.08 Å². The minimum Gasteiger partial charge on any atom is -0.496 e. The maximum absolute atomic E-state index is 12.1. The number of nitriles is 1. The molecule has 4 nitrogen and oxygen atoms in total. The van der Waals surface area contributed by atoms with Gasteiger partial charge in [0.1, 0.15) is 17.4 Å². The molecule has 0 saturated heterocycles. The number of allylic oxidation sites excluding steroid dienone is 2. The van der Waals surface area contributed by atoms with Crippen LogP contribution in [-0.2, 0) is 4.79 Å². The first-order chi connectivity index (χ1) is 11.2. The van der Waals surface area contributed by atoms with E-state index in [1.165, 1.54) is 6.42 Å². The van der Waals surface area contributed by atoms with E-state index in [1.807, 2.05) is 36.4 Å².